The third kappa shape index (κ3) is 6.68. The molecule has 1 saturated heterocycles. The molecule has 0 spiro atoms. The van der Waals surface area contributed by atoms with E-state index in [-0.39, 0.29) is 18.6 Å². The van der Waals surface area contributed by atoms with Crippen molar-refractivity contribution in [1.29, 1.82) is 0 Å². The molecule has 2 N–H and O–H groups in total. The highest BCUT2D eigenvalue weighted by Gasteiger charge is 2.36. The largest absolute Gasteiger partial charge is 0.497 e. The first-order valence-corrected chi connectivity index (χ1v) is 16.1. The molecule has 0 bridgehead atoms. The number of carbonyl (C=O) groups is 2. The maximum Gasteiger partial charge on any atom is 0.416 e. The van der Waals surface area contributed by atoms with E-state index in [1.165, 1.54) is 29.4 Å². The Kier molecular flexibility index (Phi) is 8.81. The molecular weight excluding hydrogens is 584 g/mol. The van der Waals surface area contributed by atoms with Gasteiger partial charge in [0.15, 0.2) is 6.61 Å². The number of nitrogens with one attached hydrogen (secondary N) is 2. The highest BCUT2D eigenvalue weighted by molar-refractivity contribution is 5.87. The third-order valence-corrected chi connectivity index (χ3v) is 9.12. The van der Waals surface area contributed by atoms with Gasteiger partial charge in [-0.05, 0) is 90.4 Å². The molecule has 1 saturated carbocycles. The third-order valence-electron chi connectivity index (χ3n) is 9.12. The van der Waals surface area contributed by atoms with Crippen LogP contribution in [0.5, 0.6) is 17.2 Å². The van der Waals surface area contributed by atoms with Crippen molar-refractivity contribution >= 4 is 22.9 Å². The van der Waals surface area contributed by atoms with Crippen LogP contribution in [-0.4, -0.2) is 86.4 Å². The van der Waals surface area contributed by atoms with Gasteiger partial charge in [0.1, 0.15) is 23.3 Å². The van der Waals surface area contributed by atoms with Gasteiger partial charge in [-0.15, -0.1) is 0 Å². The summed E-state index contributed by atoms with van der Waals surface area (Å²) in [6, 6.07) is 21.0. The lowest BCUT2D eigenvalue weighted by molar-refractivity contribution is -0.123. The Morgan fingerprint density at radius 1 is 0.913 bits per heavy atom. The van der Waals surface area contributed by atoms with Crippen molar-refractivity contribution in [3.05, 3.63) is 89.1 Å². The van der Waals surface area contributed by atoms with E-state index < -0.39 is 6.09 Å². The van der Waals surface area contributed by atoms with Crippen LogP contribution < -0.4 is 19.5 Å². The summed E-state index contributed by atoms with van der Waals surface area (Å²) in [5.41, 5.74) is 5.62. The van der Waals surface area contributed by atoms with Gasteiger partial charge in [-0.1, -0.05) is 18.2 Å². The van der Waals surface area contributed by atoms with Gasteiger partial charge >= 0.3 is 6.09 Å². The highest BCUT2D eigenvalue weighted by atomic mass is 16.6. The first kappa shape index (κ1) is 30.1. The number of benzene rings is 3. The SMILES string of the molecule is COc1ccc(OC(=O)N2CCc3c([nH]c4ccc(C5CC5)cc34)C2c2ccc(OCC(=O)NCCN3CCOCC3)cc2)cc1. The van der Waals surface area contributed by atoms with E-state index in [1.807, 2.05) is 24.3 Å². The molecule has 3 aliphatic rings. The zero-order chi connectivity index (χ0) is 31.5. The van der Waals surface area contributed by atoms with E-state index in [4.69, 9.17) is 18.9 Å². The molecule has 4 aromatic rings. The molecule has 1 atom stereocenters. The number of morpholine rings is 1. The lowest BCUT2D eigenvalue weighted by Crippen LogP contribution is -2.42. The molecule has 2 aliphatic heterocycles. The van der Waals surface area contributed by atoms with Crippen molar-refractivity contribution in [2.24, 2.45) is 0 Å². The molecule has 10 nitrogen and oxygen atoms in total. The molecule has 3 heterocycles. The molecule has 1 unspecified atom stereocenters. The van der Waals surface area contributed by atoms with Crippen molar-refractivity contribution < 1.29 is 28.5 Å². The van der Waals surface area contributed by atoms with Gasteiger partial charge in [0.2, 0.25) is 0 Å². The first-order chi connectivity index (χ1) is 22.6. The fraction of sp³-hybridized carbons (Fsp3) is 0.389. The minimum absolute atomic E-state index is 0.0678. The molecule has 2 fully saturated rings. The minimum atomic E-state index is -0.424. The summed E-state index contributed by atoms with van der Waals surface area (Å²) in [5.74, 6) is 2.22. The quantitative estimate of drug-likeness (QED) is 0.255. The number of nitrogens with zero attached hydrogens (tertiary/aromatic N) is 2. The van der Waals surface area contributed by atoms with E-state index in [0.717, 1.165) is 56.0 Å². The summed E-state index contributed by atoms with van der Waals surface area (Å²) in [6.07, 6.45) is 2.79. The predicted molar refractivity (Wildman–Crippen MR) is 174 cm³/mol. The smallest absolute Gasteiger partial charge is 0.416 e. The average Bonchev–Trinajstić information content (AvgIpc) is 3.88. The topological polar surface area (TPSA) is 105 Å². The van der Waals surface area contributed by atoms with Crippen molar-refractivity contribution in [2.45, 2.75) is 31.2 Å². The van der Waals surface area contributed by atoms with Crippen LogP contribution in [0.1, 0.15) is 47.2 Å². The molecular formula is C36H40N4O6. The Labute approximate surface area is 268 Å². The number of ether oxygens (including phenoxy) is 4. The number of amides is 2. The van der Waals surface area contributed by atoms with E-state index in [1.54, 1.807) is 36.3 Å². The number of rotatable bonds is 10. The summed E-state index contributed by atoms with van der Waals surface area (Å²) >= 11 is 0. The zero-order valence-electron chi connectivity index (χ0n) is 26.1. The fourth-order valence-corrected chi connectivity index (χ4v) is 6.45. The fourth-order valence-electron chi connectivity index (χ4n) is 6.45. The first-order valence-electron chi connectivity index (χ1n) is 16.1. The van der Waals surface area contributed by atoms with Crippen molar-refractivity contribution in [3.8, 4) is 17.2 Å². The van der Waals surface area contributed by atoms with E-state index in [9.17, 15) is 9.59 Å². The minimum Gasteiger partial charge on any atom is -0.497 e. The number of methoxy groups -OCH3 is 1. The summed E-state index contributed by atoms with van der Waals surface area (Å²) in [5, 5.41) is 4.16. The van der Waals surface area contributed by atoms with Crippen molar-refractivity contribution in [3.63, 3.8) is 0 Å². The second kappa shape index (κ2) is 13.4. The number of hydrogen-bond acceptors (Lipinski definition) is 7. The van der Waals surface area contributed by atoms with Gasteiger partial charge in [-0.25, -0.2) is 4.79 Å². The van der Waals surface area contributed by atoms with Gasteiger partial charge < -0.3 is 29.2 Å². The summed E-state index contributed by atoms with van der Waals surface area (Å²) in [7, 11) is 1.60. The average molecular weight is 625 g/mol. The van der Waals surface area contributed by atoms with Crippen LogP contribution in [-0.2, 0) is 16.0 Å². The molecule has 1 aliphatic carbocycles. The van der Waals surface area contributed by atoms with Gasteiger partial charge in [0.05, 0.1) is 20.3 Å². The Balaban J connectivity index is 1.08. The van der Waals surface area contributed by atoms with Gasteiger partial charge in [0.25, 0.3) is 5.91 Å². The number of aromatic nitrogens is 1. The molecule has 46 heavy (non-hydrogen) atoms. The summed E-state index contributed by atoms with van der Waals surface area (Å²) in [6.45, 7) is 5.05. The van der Waals surface area contributed by atoms with Crippen LogP contribution >= 0.6 is 0 Å². The summed E-state index contributed by atoms with van der Waals surface area (Å²) < 4.78 is 22.3. The standard InChI is InChI=1S/C36H40N4O6/c1-43-27-9-11-29(12-10-27)46-36(42)40-16-14-30-31-22-26(24-2-3-24)6-13-32(31)38-34(30)35(40)25-4-7-28(8-5-25)45-23-33(41)37-15-17-39-18-20-44-21-19-39/h4-13,22,24,35,38H,2-3,14-21,23H2,1H3,(H,37,41). The van der Waals surface area contributed by atoms with Crippen LogP contribution in [0.3, 0.4) is 0 Å². The Bertz CT molecular complexity index is 1680. The second-order valence-electron chi connectivity index (χ2n) is 12.1. The van der Waals surface area contributed by atoms with Crippen LogP contribution in [0.15, 0.2) is 66.7 Å². The van der Waals surface area contributed by atoms with Crippen molar-refractivity contribution in [2.75, 3.05) is 59.7 Å². The van der Waals surface area contributed by atoms with E-state index >= 15 is 0 Å². The number of fused-ring (bicyclic) bond motifs is 3. The molecule has 240 valence electrons. The van der Waals surface area contributed by atoms with E-state index in [0.29, 0.717) is 36.3 Å². The molecule has 1 aromatic heterocycles. The van der Waals surface area contributed by atoms with Crippen LogP contribution in [0.25, 0.3) is 10.9 Å². The normalized spacial score (nSPS) is 18.2. The summed E-state index contributed by atoms with van der Waals surface area (Å²) in [4.78, 5) is 33.8. The molecule has 3 aromatic carbocycles. The maximum atomic E-state index is 13.7. The predicted octanol–water partition coefficient (Wildman–Crippen LogP) is 5.03. The molecule has 7 rings (SSSR count). The monoisotopic (exact) mass is 624 g/mol. The number of hydrogen-bond donors (Lipinski definition) is 2. The Morgan fingerprint density at radius 2 is 1.63 bits per heavy atom. The van der Waals surface area contributed by atoms with Gasteiger partial charge in [-0.3, -0.25) is 14.6 Å². The molecule has 2 amide bonds. The van der Waals surface area contributed by atoms with Crippen LogP contribution in [0.4, 0.5) is 4.79 Å². The second-order valence-corrected chi connectivity index (χ2v) is 12.1. The number of carbonyl (C=O) groups excluding carboxylic acids is 2. The number of H-pyrrole nitrogens is 1. The van der Waals surface area contributed by atoms with Gasteiger partial charge in [-0.2, -0.15) is 0 Å². The molecule has 0 radical (unpaired) electrons. The van der Waals surface area contributed by atoms with Crippen molar-refractivity contribution in [1.82, 2.24) is 20.1 Å². The number of aromatic amines is 1. The Hall–Kier alpha value is -4.54. The van der Waals surface area contributed by atoms with E-state index in [2.05, 4.69) is 33.4 Å². The lowest BCUT2D eigenvalue weighted by Gasteiger charge is -2.35. The highest BCUT2D eigenvalue weighted by Crippen LogP contribution is 2.44. The van der Waals surface area contributed by atoms with Crippen LogP contribution in [0.2, 0.25) is 0 Å². The molecule has 10 heteroatoms. The zero-order valence-corrected chi connectivity index (χ0v) is 26.1. The lowest BCUT2D eigenvalue weighted by atomic mass is 9.92. The van der Waals surface area contributed by atoms with Gasteiger partial charge in [0, 0.05) is 49.3 Å². The van der Waals surface area contributed by atoms with Crippen LogP contribution in [0, 0.1) is 0 Å². The Morgan fingerprint density at radius 3 is 2.37 bits per heavy atom. The maximum absolute atomic E-state index is 13.7.